The molecule has 1 atom stereocenters. The Kier molecular flexibility index (Phi) is 7.21. The normalized spacial score (nSPS) is 18.3. The fourth-order valence-electron chi connectivity index (χ4n) is 5.19. The number of benzene rings is 2. The minimum Gasteiger partial charge on any atom is -0.489 e. The molecular weight excluding hydrogens is 476 g/mol. The maximum absolute atomic E-state index is 13.4. The van der Waals surface area contributed by atoms with Crippen LogP contribution in [0.15, 0.2) is 42.5 Å². The van der Waals surface area contributed by atoms with E-state index in [4.69, 9.17) is 21.1 Å². The first-order valence-corrected chi connectivity index (χ1v) is 12.9. The van der Waals surface area contributed by atoms with Gasteiger partial charge in [0, 0.05) is 36.6 Å². The lowest BCUT2D eigenvalue weighted by Crippen LogP contribution is -2.34. The quantitative estimate of drug-likeness (QED) is 0.495. The summed E-state index contributed by atoms with van der Waals surface area (Å²) in [7, 11) is 3.96. The Bertz CT molecular complexity index is 1260. The average molecular weight is 509 g/mol. The predicted octanol–water partition coefficient (Wildman–Crippen LogP) is 4.80. The van der Waals surface area contributed by atoms with Crippen molar-refractivity contribution in [2.24, 2.45) is 13.0 Å². The molecule has 1 unspecified atom stereocenters. The molecule has 190 valence electrons. The monoisotopic (exact) mass is 508 g/mol. The van der Waals surface area contributed by atoms with Crippen LogP contribution in [0.2, 0.25) is 5.02 Å². The van der Waals surface area contributed by atoms with Crippen molar-refractivity contribution in [3.05, 3.63) is 64.4 Å². The number of fused-ring (bicyclic) bond motifs is 1. The number of ether oxygens (including phenoxy) is 2. The number of hydrogen-bond acceptors (Lipinski definition) is 5. The molecule has 0 bridgehead atoms. The first-order valence-electron chi connectivity index (χ1n) is 12.5. The first kappa shape index (κ1) is 24.7. The minimum absolute atomic E-state index is 0.0598. The second kappa shape index (κ2) is 10.5. The molecule has 5 rings (SSSR count). The van der Waals surface area contributed by atoms with Gasteiger partial charge in [0.05, 0.1) is 18.8 Å². The Morgan fingerprint density at radius 3 is 2.78 bits per heavy atom. The molecule has 2 aliphatic heterocycles. The zero-order valence-electron chi connectivity index (χ0n) is 21.2. The number of aryl methyl sites for hydroxylation is 2. The number of rotatable bonds is 5. The van der Waals surface area contributed by atoms with E-state index in [1.54, 1.807) is 11.7 Å². The molecular formula is C28H33ClN4O3. The summed E-state index contributed by atoms with van der Waals surface area (Å²) in [5.41, 5.74) is 4.30. The lowest BCUT2D eigenvalue weighted by atomic mass is 9.99. The number of halogens is 1. The van der Waals surface area contributed by atoms with Crippen molar-refractivity contribution in [2.75, 3.05) is 39.9 Å². The molecule has 0 spiro atoms. The minimum atomic E-state index is -0.0598. The number of piperidine rings is 1. The Morgan fingerprint density at radius 2 is 2.03 bits per heavy atom. The molecule has 3 heterocycles. The number of nitrogens with zero attached hydrogens (tertiary/aromatic N) is 4. The molecule has 8 heteroatoms. The summed E-state index contributed by atoms with van der Waals surface area (Å²) in [6.45, 7) is 6.00. The number of hydrogen-bond donors (Lipinski definition) is 0. The van der Waals surface area contributed by atoms with Crippen molar-refractivity contribution in [1.82, 2.24) is 19.6 Å². The van der Waals surface area contributed by atoms with Crippen LogP contribution in [0.4, 0.5) is 0 Å². The van der Waals surface area contributed by atoms with Gasteiger partial charge < -0.3 is 19.3 Å². The van der Waals surface area contributed by atoms with Crippen LogP contribution in [-0.4, -0.2) is 65.4 Å². The highest BCUT2D eigenvalue weighted by atomic mass is 35.5. The van der Waals surface area contributed by atoms with Crippen LogP contribution in [0.1, 0.15) is 34.6 Å². The number of aromatic nitrogens is 2. The molecule has 36 heavy (non-hydrogen) atoms. The van der Waals surface area contributed by atoms with E-state index in [1.165, 1.54) is 6.42 Å². The van der Waals surface area contributed by atoms with Crippen molar-refractivity contribution in [2.45, 2.75) is 26.3 Å². The van der Waals surface area contributed by atoms with Crippen LogP contribution in [0.3, 0.4) is 0 Å². The van der Waals surface area contributed by atoms with Crippen molar-refractivity contribution >= 4 is 17.5 Å². The number of carbonyl (C=O) groups excluding carboxylic acids is 1. The molecule has 0 N–H and O–H groups in total. The van der Waals surface area contributed by atoms with Gasteiger partial charge in [-0.3, -0.25) is 9.48 Å². The second-order valence-electron chi connectivity index (χ2n) is 9.92. The SMILES string of the molecule is Cc1cc(C(=O)N2CCOc3c(cc(-c4cccc(Cl)c4)cc3OCC3CCCN(C)C3)C2)n(C)n1. The highest BCUT2D eigenvalue weighted by molar-refractivity contribution is 6.30. The van der Waals surface area contributed by atoms with Crippen LogP contribution < -0.4 is 9.47 Å². The van der Waals surface area contributed by atoms with Crippen molar-refractivity contribution < 1.29 is 14.3 Å². The predicted molar refractivity (Wildman–Crippen MR) is 141 cm³/mol. The highest BCUT2D eigenvalue weighted by Gasteiger charge is 2.27. The highest BCUT2D eigenvalue weighted by Crippen LogP contribution is 2.39. The summed E-state index contributed by atoms with van der Waals surface area (Å²) in [4.78, 5) is 17.6. The van der Waals surface area contributed by atoms with Crippen LogP contribution >= 0.6 is 11.6 Å². The third-order valence-electron chi connectivity index (χ3n) is 6.96. The van der Waals surface area contributed by atoms with Gasteiger partial charge in [0.25, 0.3) is 5.91 Å². The van der Waals surface area contributed by atoms with Gasteiger partial charge in [0.15, 0.2) is 11.5 Å². The van der Waals surface area contributed by atoms with Gasteiger partial charge >= 0.3 is 0 Å². The van der Waals surface area contributed by atoms with Crippen LogP contribution in [0.5, 0.6) is 11.5 Å². The molecule has 2 aliphatic rings. The third kappa shape index (κ3) is 5.37. The van der Waals surface area contributed by atoms with Gasteiger partial charge in [-0.1, -0.05) is 23.7 Å². The summed E-state index contributed by atoms with van der Waals surface area (Å²) >= 11 is 6.31. The van der Waals surface area contributed by atoms with Crippen LogP contribution in [-0.2, 0) is 13.6 Å². The topological polar surface area (TPSA) is 59.8 Å². The smallest absolute Gasteiger partial charge is 0.272 e. The van der Waals surface area contributed by atoms with E-state index in [2.05, 4.69) is 23.1 Å². The number of carbonyl (C=O) groups is 1. The van der Waals surface area contributed by atoms with E-state index in [0.29, 0.717) is 42.9 Å². The van der Waals surface area contributed by atoms with Crippen molar-refractivity contribution in [3.8, 4) is 22.6 Å². The van der Waals surface area contributed by atoms with E-state index >= 15 is 0 Å². The number of amides is 1. The van der Waals surface area contributed by atoms with Gasteiger partial charge in [-0.2, -0.15) is 5.10 Å². The van der Waals surface area contributed by atoms with Crippen LogP contribution in [0.25, 0.3) is 11.1 Å². The Balaban J connectivity index is 1.48. The van der Waals surface area contributed by atoms with E-state index in [9.17, 15) is 4.79 Å². The molecule has 0 saturated carbocycles. The number of likely N-dealkylation sites (tertiary alicyclic amines) is 1. The second-order valence-corrected chi connectivity index (χ2v) is 10.4. The summed E-state index contributed by atoms with van der Waals surface area (Å²) < 4.78 is 14.3. The molecule has 2 aromatic carbocycles. The van der Waals surface area contributed by atoms with Gasteiger partial charge in [-0.15, -0.1) is 0 Å². The first-order chi connectivity index (χ1) is 17.4. The van der Waals surface area contributed by atoms with Crippen molar-refractivity contribution in [3.63, 3.8) is 0 Å². The van der Waals surface area contributed by atoms with Gasteiger partial charge in [-0.05, 0) is 74.8 Å². The molecule has 1 amide bonds. The summed E-state index contributed by atoms with van der Waals surface area (Å²) in [5.74, 6) is 1.87. The summed E-state index contributed by atoms with van der Waals surface area (Å²) in [6.07, 6.45) is 2.35. The Morgan fingerprint density at radius 1 is 1.17 bits per heavy atom. The maximum Gasteiger partial charge on any atom is 0.272 e. The molecule has 1 aromatic heterocycles. The van der Waals surface area contributed by atoms with E-state index in [1.807, 2.05) is 48.2 Å². The zero-order chi connectivity index (χ0) is 25.2. The van der Waals surface area contributed by atoms with Gasteiger partial charge in [0.2, 0.25) is 0 Å². The molecule has 1 fully saturated rings. The fourth-order valence-corrected chi connectivity index (χ4v) is 5.38. The van der Waals surface area contributed by atoms with Crippen molar-refractivity contribution in [1.29, 1.82) is 0 Å². The third-order valence-corrected chi connectivity index (χ3v) is 7.20. The molecule has 0 aliphatic carbocycles. The summed E-state index contributed by atoms with van der Waals surface area (Å²) in [5, 5.41) is 5.02. The van der Waals surface area contributed by atoms with Gasteiger partial charge in [-0.25, -0.2) is 0 Å². The molecule has 7 nitrogen and oxygen atoms in total. The van der Waals surface area contributed by atoms with E-state index < -0.39 is 0 Å². The standard InChI is InChI=1S/C28H33ClN4O3/c1-19-12-25(32(3)30-19)28(34)33-10-11-35-27-23(17-33)13-22(21-7-4-8-24(29)14-21)15-26(27)36-18-20-6-5-9-31(2)16-20/h4,7-8,12-15,20H,5-6,9-11,16-18H2,1-3H3. The Hall–Kier alpha value is -3.03. The zero-order valence-corrected chi connectivity index (χ0v) is 21.9. The lowest BCUT2D eigenvalue weighted by Gasteiger charge is -2.29. The van der Waals surface area contributed by atoms with Gasteiger partial charge in [0.1, 0.15) is 12.3 Å². The van der Waals surface area contributed by atoms with E-state index in [0.717, 1.165) is 53.4 Å². The molecule has 0 radical (unpaired) electrons. The van der Waals surface area contributed by atoms with E-state index in [-0.39, 0.29) is 5.91 Å². The molecule has 1 saturated heterocycles. The fraction of sp³-hybridized carbons (Fsp3) is 0.429. The molecule has 3 aromatic rings. The average Bonchev–Trinajstić information content (AvgIpc) is 3.06. The summed E-state index contributed by atoms with van der Waals surface area (Å²) in [6, 6.07) is 13.7. The largest absolute Gasteiger partial charge is 0.489 e. The van der Waals surface area contributed by atoms with Crippen LogP contribution in [0, 0.1) is 12.8 Å². The Labute approximate surface area is 217 Å². The lowest BCUT2D eigenvalue weighted by molar-refractivity contribution is 0.0722. The maximum atomic E-state index is 13.4.